The number of aromatic carboxylic acids is 1. The molecule has 4 nitrogen and oxygen atoms in total. The molecular formula is C21H28O4. The van der Waals surface area contributed by atoms with Crippen LogP contribution in [0.1, 0.15) is 67.4 Å². The first kappa shape index (κ1) is 19.1. The Labute approximate surface area is 149 Å². The molecule has 2 N–H and O–H groups in total. The monoisotopic (exact) mass is 344 g/mol. The van der Waals surface area contributed by atoms with E-state index in [4.69, 9.17) is 4.74 Å². The van der Waals surface area contributed by atoms with Gasteiger partial charge in [-0.25, -0.2) is 4.79 Å². The third-order valence-electron chi connectivity index (χ3n) is 4.91. The van der Waals surface area contributed by atoms with Crippen LogP contribution >= 0.6 is 0 Å². The normalized spacial score (nSPS) is 17.2. The van der Waals surface area contributed by atoms with Gasteiger partial charge in [0.25, 0.3) is 0 Å². The van der Waals surface area contributed by atoms with Gasteiger partial charge in [0.05, 0.1) is 7.11 Å². The van der Waals surface area contributed by atoms with Crippen LogP contribution in [0.4, 0.5) is 0 Å². The maximum atomic E-state index is 11.8. The summed E-state index contributed by atoms with van der Waals surface area (Å²) in [6, 6.07) is 1.74. The van der Waals surface area contributed by atoms with Gasteiger partial charge >= 0.3 is 5.97 Å². The highest BCUT2D eigenvalue weighted by Gasteiger charge is 2.23. The second kappa shape index (κ2) is 8.24. The van der Waals surface area contributed by atoms with Gasteiger partial charge in [0.1, 0.15) is 17.1 Å². The van der Waals surface area contributed by atoms with E-state index in [1.807, 2.05) is 13.0 Å². The van der Waals surface area contributed by atoms with Gasteiger partial charge < -0.3 is 14.9 Å². The maximum absolute atomic E-state index is 11.8. The number of phenols is 1. The molecule has 0 aliphatic heterocycles. The van der Waals surface area contributed by atoms with Crippen molar-refractivity contribution in [2.45, 2.75) is 52.4 Å². The number of hydrogen-bond acceptors (Lipinski definition) is 3. The Morgan fingerprint density at radius 2 is 2.04 bits per heavy atom. The molecule has 0 bridgehead atoms. The van der Waals surface area contributed by atoms with Crippen molar-refractivity contribution >= 4 is 12.0 Å². The van der Waals surface area contributed by atoms with Crippen molar-refractivity contribution in [3.05, 3.63) is 40.5 Å². The number of carboxylic acids is 1. The number of carboxylic acid groups (broad SMARTS) is 1. The van der Waals surface area contributed by atoms with Crippen LogP contribution in [0.2, 0.25) is 0 Å². The highest BCUT2D eigenvalue weighted by atomic mass is 16.5. The first-order valence-corrected chi connectivity index (χ1v) is 8.83. The Hall–Kier alpha value is -2.23. The molecule has 0 spiro atoms. The molecular weight excluding hydrogens is 316 g/mol. The number of aromatic hydroxyl groups is 1. The highest BCUT2D eigenvalue weighted by Crippen LogP contribution is 2.38. The van der Waals surface area contributed by atoms with E-state index in [0.717, 1.165) is 31.3 Å². The van der Waals surface area contributed by atoms with Crippen LogP contribution in [0, 0.1) is 5.92 Å². The lowest BCUT2D eigenvalue weighted by Gasteiger charge is -2.21. The summed E-state index contributed by atoms with van der Waals surface area (Å²) in [5, 5.41) is 20.3. The zero-order chi connectivity index (χ0) is 18.6. The van der Waals surface area contributed by atoms with E-state index in [9.17, 15) is 15.0 Å². The van der Waals surface area contributed by atoms with Crippen molar-refractivity contribution < 1.29 is 19.7 Å². The molecule has 1 aliphatic rings. The molecule has 1 aliphatic carbocycles. The zero-order valence-corrected chi connectivity index (χ0v) is 15.4. The van der Waals surface area contributed by atoms with Gasteiger partial charge in [-0.3, -0.25) is 0 Å². The molecule has 4 heteroatoms. The van der Waals surface area contributed by atoms with Crippen molar-refractivity contribution in [1.82, 2.24) is 0 Å². The second-order valence-electron chi connectivity index (χ2n) is 7.12. The van der Waals surface area contributed by atoms with Gasteiger partial charge in [-0.2, -0.15) is 0 Å². The average Bonchev–Trinajstić information content (AvgIpc) is 2.55. The van der Waals surface area contributed by atoms with Crippen molar-refractivity contribution in [3.63, 3.8) is 0 Å². The van der Waals surface area contributed by atoms with Crippen molar-refractivity contribution in [2.75, 3.05) is 7.11 Å². The summed E-state index contributed by atoms with van der Waals surface area (Å²) in [4.78, 5) is 11.8. The van der Waals surface area contributed by atoms with E-state index in [1.54, 1.807) is 13.2 Å². The van der Waals surface area contributed by atoms with Crippen LogP contribution in [0.5, 0.6) is 11.5 Å². The predicted octanol–water partition coefficient (Wildman–Crippen LogP) is 5.20. The summed E-state index contributed by atoms with van der Waals surface area (Å²) in [6.45, 7) is 8.01. The van der Waals surface area contributed by atoms with E-state index in [-0.39, 0.29) is 11.3 Å². The van der Waals surface area contributed by atoms with Crippen molar-refractivity contribution in [1.29, 1.82) is 0 Å². The molecule has 0 atom stereocenters. The molecule has 2 rings (SSSR count). The van der Waals surface area contributed by atoms with Gasteiger partial charge in [-0.05, 0) is 63.0 Å². The Bertz CT molecular complexity index is 690. The molecule has 0 radical (unpaired) electrons. The topological polar surface area (TPSA) is 66.8 Å². The van der Waals surface area contributed by atoms with Crippen LogP contribution in [0.3, 0.4) is 0 Å². The summed E-state index contributed by atoms with van der Waals surface area (Å²) in [7, 11) is 1.54. The second-order valence-corrected chi connectivity index (χ2v) is 7.12. The molecule has 1 aromatic rings. The number of benzene rings is 1. The molecule has 0 unspecified atom stereocenters. The van der Waals surface area contributed by atoms with Gasteiger partial charge in [-0.15, -0.1) is 6.58 Å². The number of hydrogen-bond donors (Lipinski definition) is 2. The third kappa shape index (κ3) is 4.65. The van der Waals surface area contributed by atoms with E-state index < -0.39 is 5.97 Å². The molecule has 0 saturated heterocycles. The van der Waals surface area contributed by atoms with Gasteiger partial charge in [-0.1, -0.05) is 24.1 Å². The van der Waals surface area contributed by atoms with Crippen molar-refractivity contribution in [3.8, 4) is 11.5 Å². The van der Waals surface area contributed by atoms with Crippen LogP contribution < -0.4 is 4.74 Å². The Morgan fingerprint density at radius 1 is 1.40 bits per heavy atom. The van der Waals surface area contributed by atoms with Gasteiger partial charge in [0.15, 0.2) is 0 Å². The van der Waals surface area contributed by atoms with E-state index in [2.05, 4.69) is 13.5 Å². The lowest BCUT2D eigenvalue weighted by Crippen LogP contribution is -2.07. The molecule has 25 heavy (non-hydrogen) atoms. The first-order chi connectivity index (χ1) is 11.8. The summed E-state index contributed by atoms with van der Waals surface area (Å²) in [6.07, 6.45) is 7.27. The number of methoxy groups -OCH3 is 1. The number of ether oxygens (including phenoxy) is 1. The molecule has 1 saturated carbocycles. The van der Waals surface area contributed by atoms with Crippen LogP contribution in [-0.4, -0.2) is 23.3 Å². The minimum absolute atomic E-state index is 0.0383. The van der Waals surface area contributed by atoms with Crippen molar-refractivity contribution in [2.24, 2.45) is 5.92 Å². The van der Waals surface area contributed by atoms with Gasteiger partial charge in [0, 0.05) is 5.56 Å². The lowest BCUT2D eigenvalue weighted by atomic mass is 9.85. The highest BCUT2D eigenvalue weighted by molar-refractivity contribution is 5.96. The number of allylic oxidation sites excluding steroid dienone is 2. The maximum Gasteiger partial charge on any atom is 0.340 e. The number of rotatable bonds is 6. The van der Waals surface area contributed by atoms with Crippen LogP contribution in [0.15, 0.2) is 23.8 Å². The summed E-state index contributed by atoms with van der Waals surface area (Å²) >= 11 is 0. The SMILES string of the molecule is C=C(C)CCc1c(OC)cc(C=C2CCC(C)CC2)c(C(=O)O)c1O. The fourth-order valence-electron chi connectivity index (χ4n) is 3.30. The van der Waals surface area contributed by atoms with Crippen LogP contribution in [0.25, 0.3) is 6.08 Å². The number of carbonyl (C=O) groups is 1. The van der Waals surface area contributed by atoms with E-state index >= 15 is 0 Å². The third-order valence-corrected chi connectivity index (χ3v) is 4.91. The van der Waals surface area contributed by atoms with E-state index in [1.165, 1.54) is 5.57 Å². The minimum Gasteiger partial charge on any atom is -0.507 e. The Balaban J connectivity index is 2.49. The zero-order valence-electron chi connectivity index (χ0n) is 15.4. The molecule has 0 amide bonds. The summed E-state index contributed by atoms with van der Waals surface area (Å²) in [5.41, 5.74) is 3.22. The standard InChI is InChI=1S/C21H28O4/c1-13(2)5-10-17-18(25-4)12-16(19(20(17)22)21(23)24)11-15-8-6-14(3)7-9-15/h11-12,14,22H,1,5-10H2,2-4H3,(H,23,24). The van der Waals surface area contributed by atoms with Crippen LogP contribution in [-0.2, 0) is 6.42 Å². The molecule has 1 aromatic carbocycles. The lowest BCUT2D eigenvalue weighted by molar-refractivity contribution is 0.0693. The minimum atomic E-state index is -1.12. The largest absolute Gasteiger partial charge is 0.507 e. The Morgan fingerprint density at radius 3 is 2.56 bits per heavy atom. The fraction of sp³-hybridized carbons (Fsp3) is 0.476. The quantitative estimate of drug-likeness (QED) is 0.696. The fourth-order valence-corrected chi connectivity index (χ4v) is 3.30. The van der Waals surface area contributed by atoms with E-state index in [0.29, 0.717) is 35.6 Å². The summed E-state index contributed by atoms with van der Waals surface area (Å²) in [5.74, 6) is -0.0692. The van der Waals surface area contributed by atoms with Gasteiger partial charge in [0.2, 0.25) is 0 Å². The molecule has 1 fully saturated rings. The summed E-state index contributed by atoms with van der Waals surface area (Å²) < 4.78 is 5.43. The molecule has 136 valence electrons. The molecule has 0 aromatic heterocycles. The Kier molecular flexibility index (Phi) is 6.29. The smallest absolute Gasteiger partial charge is 0.340 e. The average molecular weight is 344 g/mol. The molecule has 0 heterocycles. The predicted molar refractivity (Wildman–Crippen MR) is 100 cm³/mol. The first-order valence-electron chi connectivity index (χ1n) is 8.83.